The quantitative estimate of drug-likeness (QED) is 0.387. The van der Waals surface area contributed by atoms with Crippen molar-refractivity contribution in [2.45, 2.75) is 57.7 Å². The fourth-order valence-corrected chi connectivity index (χ4v) is 4.08. The van der Waals surface area contributed by atoms with E-state index in [2.05, 4.69) is 10.6 Å². The Labute approximate surface area is 151 Å². The van der Waals surface area contributed by atoms with Crippen LogP contribution in [0.2, 0.25) is 0 Å². The summed E-state index contributed by atoms with van der Waals surface area (Å²) in [5, 5.41) is 23.8. The maximum atomic E-state index is 13.0. The third-order valence-corrected chi connectivity index (χ3v) is 5.37. The monoisotopic (exact) mass is 369 g/mol. The largest absolute Gasteiger partial charge is 0.481 e. The van der Waals surface area contributed by atoms with Crippen molar-refractivity contribution in [1.29, 1.82) is 0 Å². The van der Waals surface area contributed by atoms with Gasteiger partial charge in [-0.15, -0.1) is 0 Å². The van der Waals surface area contributed by atoms with Gasteiger partial charge >= 0.3 is 11.9 Å². The van der Waals surface area contributed by atoms with Gasteiger partial charge in [-0.2, -0.15) is 0 Å². The lowest BCUT2D eigenvalue weighted by Crippen LogP contribution is -2.64. The summed E-state index contributed by atoms with van der Waals surface area (Å²) < 4.78 is 0. The van der Waals surface area contributed by atoms with Gasteiger partial charge in [0.2, 0.25) is 11.8 Å². The van der Waals surface area contributed by atoms with Crippen molar-refractivity contribution < 1.29 is 29.4 Å². The highest BCUT2D eigenvalue weighted by molar-refractivity contribution is 5.97. The minimum atomic E-state index is -1.43. The van der Waals surface area contributed by atoms with E-state index in [0.29, 0.717) is 6.42 Å². The van der Waals surface area contributed by atoms with Crippen molar-refractivity contribution in [2.75, 3.05) is 0 Å². The summed E-state index contributed by atoms with van der Waals surface area (Å²) in [5.41, 5.74) is 4.16. The molecule has 2 amide bonds. The molecule has 0 bridgehead atoms. The Bertz CT molecular complexity index is 620. The summed E-state index contributed by atoms with van der Waals surface area (Å²) >= 11 is 0. The summed E-state index contributed by atoms with van der Waals surface area (Å²) in [6.45, 7) is 5.14. The molecule has 0 aromatic carbocycles. The fourth-order valence-electron chi connectivity index (χ4n) is 4.08. The first-order chi connectivity index (χ1) is 12.0. The number of nitrogens with one attached hydrogen (secondary N) is 2. The summed E-state index contributed by atoms with van der Waals surface area (Å²) in [5.74, 6) is -4.80. The highest BCUT2D eigenvalue weighted by atomic mass is 16.4. The molecule has 6 N–H and O–H groups in total. The molecule has 2 aliphatic carbocycles. The maximum Gasteiger partial charge on any atom is 0.326 e. The number of aliphatic carboxylic acids is 2. The van der Waals surface area contributed by atoms with Crippen LogP contribution >= 0.6 is 0 Å². The zero-order chi connectivity index (χ0) is 19.8. The molecule has 0 spiro atoms. The van der Waals surface area contributed by atoms with E-state index in [9.17, 15) is 29.4 Å². The van der Waals surface area contributed by atoms with Gasteiger partial charge in [-0.3, -0.25) is 14.4 Å². The van der Waals surface area contributed by atoms with Crippen molar-refractivity contribution in [3.05, 3.63) is 0 Å². The lowest BCUT2D eigenvalue weighted by molar-refractivity contribution is -0.145. The van der Waals surface area contributed by atoms with Crippen LogP contribution in [0.4, 0.5) is 0 Å². The fraction of sp³-hybridized carbons (Fsp3) is 0.765. The van der Waals surface area contributed by atoms with Gasteiger partial charge in [-0.1, -0.05) is 13.8 Å². The topological polar surface area (TPSA) is 159 Å². The lowest BCUT2D eigenvalue weighted by atomic mass is 9.88. The number of hydrogen-bond donors (Lipinski definition) is 5. The Kier molecular flexibility index (Phi) is 5.60. The van der Waals surface area contributed by atoms with Crippen molar-refractivity contribution in [3.63, 3.8) is 0 Å². The van der Waals surface area contributed by atoms with Crippen LogP contribution in [0.1, 0.15) is 40.0 Å². The first-order valence-corrected chi connectivity index (χ1v) is 8.85. The van der Waals surface area contributed by atoms with E-state index in [4.69, 9.17) is 5.73 Å². The smallest absolute Gasteiger partial charge is 0.326 e. The number of carbonyl (C=O) groups is 4. The van der Waals surface area contributed by atoms with Crippen LogP contribution in [-0.2, 0) is 19.2 Å². The van der Waals surface area contributed by atoms with E-state index in [1.54, 1.807) is 0 Å². The number of hydrogen-bond acceptors (Lipinski definition) is 5. The van der Waals surface area contributed by atoms with E-state index in [1.165, 1.54) is 6.92 Å². The van der Waals surface area contributed by atoms with Crippen LogP contribution in [0.3, 0.4) is 0 Å². The Morgan fingerprint density at radius 1 is 1.19 bits per heavy atom. The van der Waals surface area contributed by atoms with Gasteiger partial charge in [0.1, 0.15) is 11.6 Å². The molecule has 146 valence electrons. The maximum absolute atomic E-state index is 13.0. The minimum absolute atomic E-state index is 0.0371. The van der Waals surface area contributed by atoms with Gasteiger partial charge in [0.15, 0.2) is 0 Å². The highest BCUT2D eigenvalue weighted by Crippen LogP contribution is 2.62. The average Bonchev–Trinajstić information content (AvgIpc) is 3.15. The summed E-state index contributed by atoms with van der Waals surface area (Å²) in [4.78, 5) is 48.1. The summed E-state index contributed by atoms with van der Waals surface area (Å²) in [6.07, 6.45) is 0.982. The van der Waals surface area contributed by atoms with E-state index in [1.807, 2.05) is 13.8 Å². The van der Waals surface area contributed by atoms with Gasteiger partial charge in [0.05, 0.1) is 12.0 Å². The molecular formula is C17H27N3O6. The van der Waals surface area contributed by atoms with Gasteiger partial charge in [-0.05, 0) is 38.0 Å². The predicted octanol–water partition coefficient (Wildman–Crippen LogP) is -0.455. The van der Waals surface area contributed by atoms with Crippen molar-refractivity contribution in [2.24, 2.45) is 29.4 Å². The van der Waals surface area contributed by atoms with Gasteiger partial charge in [-0.25, -0.2) is 4.79 Å². The Morgan fingerprint density at radius 2 is 1.81 bits per heavy atom. The second-order valence-electron chi connectivity index (χ2n) is 7.84. The number of carboxylic acids is 2. The second-order valence-corrected chi connectivity index (χ2v) is 7.84. The Morgan fingerprint density at radius 3 is 2.23 bits per heavy atom. The molecule has 0 saturated heterocycles. The van der Waals surface area contributed by atoms with Crippen LogP contribution in [0.25, 0.3) is 0 Å². The zero-order valence-electron chi connectivity index (χ0n) is 15.2. The van der Waals surface area contributed by atoms with Crippen molar-refractivity contribution in [3.8, 4) is 0 Å². The molecule has 2 fully saturated rings. The van der Waals surface area contributed by atoms with E-state index in [-0.39, 0.29) is 24.7 Å². The molecular weight excluding hydrogens is 342 g/mol. The number of rotatable bonds is 8. The second kappa shape index (κ2) is 7.22. The van der Waals surface area contributed by atoms with E-state index in [0.717, 1.165) is 0 Å². The Hall–Kier alpha value is -2.16. The molecule has 0 radical (unpaired) electrons. The molecule has 2 unspecified atom stereocenters. The number of amides is 2. The first kappa shape index (κ1) is 20.2. The molecule has 0 aromatic rings. The summed E-state index contributed by atoms with van der Waals surface area (Å²) in [7, 11) is 0. The highest BCUT2D eigenvalue weighted by Gasteiger charge is 2.71. The number of fused-ring (bicyclic) bond motifs is 1. The van der Waals surface area contributed by atoms with Crippen LogP contribution in [0.5, 0.6) is 0 Å². The molecule has 2 rings (SSSR count). The minimum Gasteiger partial charge on any atom is -0.481 e. The molecule has 2 aliphatic rings. The molecule has 9 heteroatoms. The van der Waals surface area contributed by atoms with Crippen LogP contribution in [-0.4, -0.2) is 51.6 Å². The standard InChI is InChI=1S/C17H27N3O6/c1-7(2)6-10(14(22)23)19-16(26)17(20-13(21)8(3)18)5-4-9-11(12(9)17)15(24)25/h7-12H,4-6,18H2,1-3H3,(H,19,26)(H,20,21)(H,22,23)(H,24,25)/t8-,9?,10-,11-,12?,17-/m0/s1. The van der Waals surface area contributed by atoms with E-state index >= 15 is 0 Å². The predicted molar refractivity (Wildman–Crippen MR) is 90.9 cm³/mol. The van der Waals surface area contributed by atoms with Crippen LogP contribution < -0.4 is 16.4 Å². The van der Waals surface area contributed by atoms with Gasteiger partial charge in [0, 0.05) is 5.92 Å². The SMILES string of the molecule is CC(C)C[C@H](NC(=O)[C@]1(NC(=O)[C@H](C)N)CCC2C1[C@H]2C(=O)O)C(=O)O. The number of carboxylic acid groups (broad SMARTS) is 2. The molecule has 0 heterocycles. The van der Waals surface area contributed by atoms with Crippen molar-refractivity contribution >= 4 is 23.8 Å². The molecule has 0 aromatic heterocycles. The number of nitrogens with two attached hydrogens (primary N) is 1. The van der Waals surface area contributed by atoms with Crippen LogP contribution in [0.15, 0.2) is 0 Å². The molecule has 9 nitrogen and oxygen atoms in total. The molecule has 6 atom stereocenters. The third kappa shape index (κ3) is 3.67. The number of carbonyl (C=O) groups excluding carboxylic acids is 2. The van der Waals surface area contributed by atoms with Crippen molar-refractivity contribution in [1.82, 2.24) is 10.6 Å². The first-order valence-electron chi connectivity index (χ1n) is 8.85. The molecule has 0 aliphatic heterocycles. The van der Waals surface area contributed by atoms with Gasteiger partial charge in [0.25, 0.3) is 0 Å². The third-order valence-electron chi connectivity index (χ3n) is 5.37. The molecule has 2 saturated carbocycles. The molecule has 26 heavy (non-hydrogen) atoms. The van der Waals surface area contributed by atoms with E-state index < -0.39 is 53.2 Å². The normalized spacial score (nSPS) is 31.7. The van der Waals surface area contributed by atoms with Gasteiger partial charge < -0.3 is 26.6 Å². The lowest BCUT2D eigenvalue weighted by Gasteiger charge is -2.33. The Balaban J connectivity index is 2.27. The zero-order valence-corrected chi connectivity index (χ0v) is 15.2. The van der Waals surface area contributed by atoms with Crippen LogP contribution in [0, 0.1) is 23.7 Å². The average molecular weight is 369 g/mol. The summed E-state index contributed by atoms with van der Waals surface area (Å²) in [6, 6.07) is -1.97.